The summed E-state index contributed by atoms with van der Waals surface area (Å²) in [6, 6.07) is 0. The highest BCUT2D eigenvalue weighted by Gasteiger charge is 2.21. The number of hydrogen-bond donors (Lipinski definition) is 0. The van der Waals surface area contributed by atoms with E-state index in [1.807, 2.05) is 18.6 Å². The van der Waals surface area contributed by atoms with Crippen molar-refractivity contribution in [1.82, 2.24) is 24.4 Å². The molecule has 1 unspecified atom stereocenters. The first-order valence-corrected chi connectivity index (χ1v) is 10.0. The number of aromatic nitrogens is 4. The Morgan fingerprint density at radius 2 is 1.81 bits per heavy atom. The van der Waals surface area contributed by atoms with Gasteiger partial charge in [0.1, 0.15) is 5.82 Å². The Hall–Kier alpha value is -1.95. The summed E-state index contributed by atoms with van der Waals surface area (Å²) < 4.78 is 2.28. The van der Waals surface area contributed by atoms with Gasteiger partial charge in [0.25, 0.3) is 0 Å². The zero-order valence-corrected chi connectivity index (χ0v) is 15.8. The fourth-order valence-electron chi connectivity index (χ4n) is 4.26. The molecule has 0 saturated carbocycles. The van der Waals surface area contributed by atoms with E-state index < -0.39 is 0 Å². The number of piperidine rings is 2. The van der Waals surface area contributed by atoms with Gasteiger partial charge in [-0.25, -0.2) is 15.0 Å². The molecule has 26 heavy (non-hydrogen) atoms. The second-order valence-corrected chi connectivity index (χ2v) is 7.81. The van der Waals surface area contributed by atoms with Crippen molar-refractivity contribution in [3.05, 3.63) is 36.2 Å². The van der Waals surface area contributed by atoms with Crippen LogP contribution in [0, 0.1) is 12.8 Å². The van der Waals surface area contributed by atoms with Crippen molar-refractivity contribution in [2.24, 2.45) is 5.92 Å². The highest BCUT2D eigenvalue weighted by molar-refractivity contribution is 5.30. The van der Waals surface area contributed by atoms with Gasteiger partial charge in [-0.2, -0.15) is 0 Å². The molecule has 2 aliphatic heterocycles. The predicted molar refractivity (Wildman–Crippen MR) is 103 cm³/mol. The van der Waals surface area contributed by atoms with Crippen molar-refractivity contribution in [2.45, 2.75) is 52.1 Å². The molecular weight excluding hydrogens is 324 g/mol. The van der Waals surface area contributed by atoms with Crippen LogP contribution in [0.15, 0.2) is 24.8 Å². The average Bonchev–Trinajstić information content (AvgIpc) is 3.08. The van der Waals surface area contributed by atoms with Crippen molar-refractivity contribution in [3.63, 3.8) is 0 Å². The SMILES string of the molecule is Cc1nccn1CC1CCCN(Cc2cnc(N3CCCCC3)nc2)C1. The minimum absolute atomic E-state index is 0.699. The minimum Gasteiger partial charge on any atom is -0.341 e. The summed E-state index contributed by atoms with van der Waals surface area (Å²) in [7, 11) is 0. The van der Waals surface area contributed by atoms with E-state index in [0.717, 1.165) is 44.5 Å². The van der Waals surface area contributed by atoms with Gasteiger partial charge in [0.2, 0.25) is 5.95 Å². The van der Waals surface area contributed by atoms with Crippen molar-refractivity contribution >= 4 is 5.95 Å². The molecular formula is C20H30N6. The van der Waals surface area contributed by atoms with Crippen LogP contribution < -0.4 is 4.90 Å². The Bertz CT molecular complexity index is 689. The smallest absolute Gasteiger partial charge is 0.225 e. The Morgan fingerprint density at radius 3 is 2.54 bits per heavy atom. The van der Waals surface area contributed by atoms with Crippen LogP contribution in [0.5, 0.6) is 0 Å². The number of anilines is 1. The summed E-state index contributed by atoms with van der Waals surface area (Å²) in [5.41, 5.74) is 1.23. The molecule has 6 heteroatoms. The number of rotatable bonds is 5. The van der Waals surface area contributed by atoms with Crippen molar-refractivity contribution in [2.75, 3.05) is 31.1 Å². The topological polar surface area (TPSA) is 50.1 Å². The number of aryl methyl sites for hydroxylation is 1. The zero-order valence-electron chi connectivity index (χ0n) is 15.8. The maximum Gasteiger partial charge on any atom is 0.225 e. The molecule has 4 rings (SSSR count). The molecule has 140 valence electrons. The maximum atomic E-state index is 4.64. The van der Waals surface area contributed by atoms with Gasteiger partial charge >= 0.3 is 0 Å². The van der Waals surface area contributed by atoms with E-state index in [0.29, 0.717) is 5.92 Å². The quantitative estimate of drug-likeness (QED) is 0.826. The number of hydrogen-bond acceptors (Lipinski definition) is 5. The van der Waals surface area contributed by atoms with Crippen LogP contribution in [-0.4, -0.2) is 50.6 Å². The molecule has 1 atom stereocenters. The van der Waals surface area contributed by atoms with Crippen LogP contribution in [0.25, 0.3) is 0 Å². The standard InChI is InChI=1S/C20H30N6/c1-17-21-7-11-26(17)16-18-6-5-8-24(14-18)15-19-12-22-20(23-13-19)25-9-3-2-4-10-25/h7,11-13,18H,2-6,8-10,14-16H2,1H3. The third-order valence-electron chi connectivity index (χ3n) is 5.72. The summed E-state index contributed by atoms with van der Waals surface area (Å²) in [5, 5.41) is 0. The Kier molecular flexibility index (Phi) is 5.48. The Morgan fingerprint density at radius 1 is 1.00 bits per heavy atom. The minimum atomic E-state index is 0.699. The van der Waals surface area contributed by atoms with Crippen LogP contribution in [0.1, 0.15) is 43.5 Å². The lowest BCUT2D eigenvalue weighted by atomic mass is 9.97. The normalized spacial score (nSPS) is 21.9. The van der Waals surface area contributed by atoms with Gasteiger partial charge in [0, 0.05) is 63.1 Å². The summed E-state index contributed by atoms with van der Waals surface area (Å²) in [4.78, 5) is 18.5. The van der Waals surface area contributed by atoms with Crippen molar-refractivity contribution < 1.29 is 0 Å². The van der Waals surface area contributed by atoms with Gasteiger partial charge in [-0.1, -0.05) is 0 Å². The monoisotopic (exact) mass is 354 g/mol. The van der Waals surface area contributed by atoms with Crippen LogP contribution >= 0.6 is 0 Å². The summed E-state index contributed by atoms with van der Waals surface area (Å²) in [6.07, 6.45) is 14.5. The lowest BCUT2D eigenvalue weighted by Crippen LogP contribution is -2.36. The molecule has 2 saturated heterocycles. The molecule has 2 aliphatic rings. The van der Waals surface area contributed by atoms with E-state index in [1.165, 1.54) is 44.2 Å². The summed E-state index contributed by atoms with van der Waals surface area (Å²) in [6.45, 7) is 8.63. The fourth-order valence-corrected chi connectivity index (χ4v) is 4.26. The molecule has 0 radical (unpaired) electrons. The van der Waals surface area contributed by atoms with Crippen LogP contribution in [0.2, 0.25) is 0 Å². The second-order valence-electron chi connectivity index (χ2n) is 7.81. The van der Waals surface area contributed by atoms with Gasteiger partial charge in [0.05, 0.1) is 0 Å². The molecule has 6 nitrogen and oxygen atoms in total. The van der Waals surface area contributed by atoms with Crippen molar-refractivity contribution in [1.29, 1.82) is 0 Å². The molecule has 0 aliphatic carbocycles. The van der Waals surface area contributed by atoms with Gasteiger partial charge in [-0.05, 0) is 51.5 Å². The predicted octanol–water partition coefficient (Wildman–Crippen LogP) is 2.88. The van der Waals surface area contributed by atoms with E-state index >= 15 is 0 Å². The largest absolute Gasteiger partial charge is 0.341 e. The van der Waals surface area contributed by atoms with E-state index in [-0.39, 0.29) is 0 Å². The first kappa shape index (κ1) is 17.5. The average molecular weight is 355 g/mol. The van der Waals surface area contributed by atoms with Gasteiger partial charge in [-0.15, -0.1) is 0 Å². The first-order valence-electron chi connectivity index (χ1n) is 10.0. The van der Waals surface area contributed by atoms with Gasteiger partial charge < -0.3 is 9.47 Å². The third kappa shape index (κ3) is 4.23. The number of imidazole rings is 1. The number of nitrogens with zero attached hydrogens (tertiary/aromatic N) is 6. The van der Waals surface area contributed by atoms with Crippen LogP contribution in [0.3, 0.4) is 0 Å². The molecule has 0 amide bonds. The Labute approximate surface area is 156 Å². The van der Waals surface area contributed by atoms with E-state index in [2.05, 4.69) is 42.4 Å². The molecule has 2 fully saturated rings. The zero-order chi connectivity index (χ0) is 17.8. The van der Waals surface area contributed by atoms with Gasteiger partial charge in [0.15, 0.2) is 0 Å². The summed E-state index contributed by atoms with van der Waals surface area (Å²) >= 11 is 0. The highest BCUT2D eigenvalue weighted by atomic mass is 15.2. The van der Waals surface area contributed by atoms with E-state index in [1.54, 1.807) is 0 Å². The third-order valence-corrected chi connectivity index (χ3v) is 5.72. The van der Waals surface area contributed by atoms with E-state index in [4.69, 9.17) is 0 Å². The lowest BCUT2D eigenvalue weighted by Gasteiger charge is -2.33. The number of likely N-dealkylation sites (tertiary alicyclic amines) is 1. The van der Waals surface area contributed by atoms with Crippen molar-refractivity contribution in [3.8, 4) is 0 Å². The summed E-state index contributed by atoms with van der Waals surface area (Å²) in [5.74, 6) is 2.72. The fraction of sp³-hybridized carbons (Fsp3) is 0.650. The molecule has 2 aromatic rings. The first-order chi connectivity index (χ1) is 12.8. The Balaban J connectivity index is 1.32. The molecule has 0 spiro atoms. The molecule has 0 bridgehead atoms. The molecule has 4 heterocycles. The maximum absolute atomic E-state index is 4.64. The van der Waals surface area contributed by atoms with Crippen LogP contribution in [0.4, 0.5) is 5.95 Å². The molecule has 0 aromatic carbocycles. The molecule has 2 aromatic heterocycles. The second kappa shape index (κ2) is 8.16. The van der Waals surface area contributed by atoms with Crippen LogP contribution in [-0.2, 0) is 13.1 Å². The van der Waals surface area contributed by atoms with Gasteiger partial charge in [-0.3, -0.25) is 4.90 Å². The molecule has 0 N–H and O–H groups in total. The highest BCUT2D eigenvalue weighted by Crippen LogP contribution is 2.21. The lowest BCUT2D eigenvalue weighted by molar-refractivity contribution is 0.155. The van der Waals surface area contributed by atoms with E-state index in [9.17, 15) is 0 Å².